The van der Waals surface area contributed by atoms with Crippen molar-refractivity contribution in [3.8, 4) is 5.75 Å². The van der Waals surface area contributed by atoms with Crippen LogP contribution in [-0.4, -0.2) is 34.1 Å². The van der Waals surface area contributed by atoms with Crippen LogP contribution in [0.5, 0.6) is 5.75 Å². The molecule has 0 unspecified atom stereocenters. The fourth-order valence-electron chi connectivity index (χ4n) is 4.35. The normalized spacial score (nSPS) is 20.1. The highest BCUT2D eigenvalue weighted by Gasteiger charge is 2.31. The van der Waals surface area contributed by atoms with Crippen LogP contribution in [0.15, 0.2) is 36.9 Å². The maximum atomic E-state index is 5.91. The first-order valence-electron chi connectivity index (χ1n) is 10.0. The largest absolute Gasteiger partial charge is 0.492 e. The molecular weight excluding hydrogens is 322 g/mol. The summed E-state index contributed by atoms with van der Waals surface area (Å²) in [6, 6.07) is 6.84. The van der Waals surface area contributed by atoms with Gasteiger partial charge in [0.25, 0.3) is 0 Å². The summed E-state index contributed by atoms with van der Waals surface area (Å²) in [5.74, 6) is 1.99. The second-order valence-corrected chi connectivity index (χ2v) is 8.67. The topological polar surface area (TPSA) is 30.3 Å². The predicted molar refractivity (Wildman–Crippen MR) is 104 cm³/mol. The number of fused-ring (bicyclic) bond motifs is 1. The Morgan fingerprint density at radius 1 is 1.23 bits per heavy atom. The van der Waals surface area contributed by atoms with Gasteiger partial charge in [0.2, 0.25) is 0 Å². The second-order valence-electron chi connectivity index (χ2n) is 8.67. The highest BCUT2D eigenvalue weighted by Crippen LogP contribution is 2.39. The number of nitrogens with zero attached hydrogens (tertiary/aromatic N) is 3. The summed E-state index contributed by atoms with van der Waals surface area (Å²) in [6.45, 7) is 9.92. The Kier molecular flexibility index (Phi) is 5.03. The van der Waals surface area contributed by atoms with E-state index >= 15 is 0 Å². The first kappa shape index (κ1) is 17.6. The van der Waals surface area contributed by atoms with Crippen LogP contribution in [0, 0.1) is 5.92 Å². The van der Waals surface area contributed by atoms with Gasteiger partial charge in [-0.2, -0.15) is 0 Å². The summed E-state index contributed by atoms with van der Waals surface area (Å²) < 4.78 is 8.10. The van der Waals surface area contributed by atoms with Crippen LogP contribution in [-0.2, 0) is 18.5 Å². The van der Waals surface area contributed by atoms with Gasteiger partial charge in [0.1, 0.15) is 5.75 Å². The zero-order valence-electron chi connectivity index (χ0n) is 16.2. The maximum Gasteiger partial charge on any atom is 0.123 e. The van der Waals surface area contributed by atoms with Crippen molar-refractivity contribution in [1.82, 2.24) is 14.5 Å². The SMILES string of the molecule is CC1(C)COc2cc(CN3CCC(CCCn4ccnc4)CC3)ccc21. The van der Waals surface area contributed by atoms with Crippen molar-refractivity contribution in [3.63, 3.8) is 0 Å². The number of aryl methyl sites for hydroxylation is 1. The Morgan fingerprint density at radius 2 is 2.08 bits per heavy atom. The molecule has 0 aliphatic carbocycles. The van der Waals surface area contributed by atoms with Gasteiger partial charge in [-0.05, 0) is 56.3 Å². The number of aromatic nitrogens is 2. The highest BCUT2D eigenvalue weighted by molar-refractivity contribution is 5.45. The van der Waals surface area contributed by atoms with Crippen LogP contribution in [0.3, 0.4) is 0 Å². The van der Waals surface area contributed by atoms with E-state index in [9.17, 15) is 0 Å². The first-order chi connectivity index (χ1) is 12.6. The summed E-state index contributed by atoms with van der Waals surface area (Å²) in [6.07, 6.45) is 11.1. The van der Waals surface area contributed by atoms with E-state index in [0.29, 0.717) is 0 Å². The lowest BCUT2D eigenvalue weighted by Gasteiger charge is -2.32. The lowest BCUT2D eigenvalue weighted by atomic mass is 9.86. The quantitative estimate of drug-likeness (QED) is 0.778. The van der Waals surface area contributed by atoms with Gasteiger partial charge in [-0.1, -0.05) is 26.0 Å². The van der Waals surface area contributed by atoms with Crippen LogP contribution in [0.1, 0.15) is 50.7 Å². The standard InChI is InChI=1S/C22H31N3O/c1-22(2)16-26-21-14-19(5-6-20(21)22)15-24-11-7-18(8-12-24)4-3-10-25-13-9-23-17-25/h5-6,9,13-14,17-18H,3-4,7-8,10-12,15-16H2,1-2H3. The number of piperidine rings is 1. The molecular formula is C22H31N3O. The Morgan fingerprint density at radius 3 is 2.85 bits per heavy atom. The third-order valence-electron chi connectivity index (χ3n) is 6.06. The first-order valence-corrected chi connectivity index (χ1v) is 10.0. The Bertz CT molecular complexity index is 715. The number of imidazole rings is 1. The average Bonchev–Trinajstić information content (AvgIpc) is 3.25. The van der Waals surface area contributed by atoms with E-state index < -0.39 is 0 Å². The lowest BCUT2D eigenvalue weighted by molar-refractivity contribution is 0.170. The van der Waals surface area contributed by atoms with Crippen molar-refractivity contribution in [3.05, 3.63) is 48.0 Å². The van der Waals surface area contributed by atoms with E-state index in [4.69, 9.17) is 4.74 Å². The monoisotopic (exact) mass is 353 g/mol. The van der Waals surface area contributed by atoms with Gasteiger partial charge in [0, 0.05) is 36.5 Å². The van der Waals surface area contributed by atoms with E-state index in [1.165, 1.54) is 49.9 Å². The fraction of sp³-hybridized carbons (Fsp3) is 0.591. The van der Waals surface area contributed by atoms with Gasteiger partial charge >= 0.3 is 0 Å². The number of hydrogen-bond donors (Lipinski definition) is 0. The Labute approximate surface area is 157 Å². The van der Waals surface area contributed by atoms with Gasteiger partial charge in [-0.3, -0.25) is 4.90 Å². The number of ether oxygens (including phenoxy) is 1. The molecule has 0 spiro atoms. The lowest BCUT2D eigenvalue weighted by Crippen LogP contribution is -2.33. The zero-order valence-corrected chi connectivity index (χ0v) is 16.2. The summed E-state index contributed by atoms with van der Waals surface area (Å²) in [5, 5.41) is 0. The minimum absolute atomic E-state index is 0.156. The second kappa shape index (κ2) is 7.43. The molecule has 1 aromatic heterocycles. The molecule has 0 amide bonds. The van der Waals surface area contributed by atoms with Crippen molar-refractivity contribution in [2.24, 2.45) is 5.92 Å². The fourth-order valence-corrected chi connectivity index (χ4v) is 4.35. The minimum Gasteiger partial charge on any atom is -0.492 e. The maximum absolute atomic E-state index is 5.91. The molecule has 140 valence electrons. The van der Waals surface area contributed by atoms with Gasteiger partial charge < -0.3 is 9.30 Å². The minimum atomic E-state index is 0.156. The molecule has 4 rings (SSSR count). The van der Waals surface area contributed by atoms with Gasteiger partial charge in [-0.15, -0.1) is 0 Å². The van der Waals surface area contributed by atoms with Gasteiger partial charge in [-0.25, -0.2) is 4.98 Å². The predicted octanol–water partition coefficient (Wildman–Crippen LogP) is 4.25. The van der Waals surface area contributed by atoms with Gasteiger partial charge in [0.15, 0.2) is 0 Å². The Balaban J connectivity index is 1.23. The molecule has 4 nitrogen and oxygen atoms in total. The Hall–Kier alpha value is -1.81. The zero-order chi connectivity index (χ0) is 18.0. The number of rotatable bonds is 6. The molecule has 1 aromatic carbocycles. The smallest absolute Gasteiger partial charge is 0.123 e. The summed E-state index contributed by atoms with van der Waals surface area (Å²) in [4.78, 5) is 6.72. The molecule has 2 aromatic rings. The number of likely N-dealkylation sites (tertiary alicyclic amines) is 1. The molecule has 1 saturated heterocycles. The molecule has 2 aliphatic rings. The number of benzene rings is 1. The van der Waals surface area contributed by atoms with Crippen LogP contribution in [0.25, 0.3) is 0 Å². The molecule has 26 heavy (non-hydrogen) atoms. The van der Waals surface area contributed by atoms with Crippen LogP contribution in [0.4, 0.5) is 0 Å². The van der Waals surface area contributed by atoms with Crippen molar-refractivity contribution >= 4 is 0 Å². The van der Waals surface area contributed by atoms with Crippen LogP contribution < -0.4 is 4.74 Å². The third-order valence-corrected chi connectivity index (χ3v) is 6.06. The van der Waals surface area contributed by atoms with Crippen LogP contribution in [0.2, 0.25) is 0 Å². The molecule has 0 N–H and O–H groups in total. The molecule has 0 bridgehead atoms. The van der Waals surface area contributed by atoms with Crippen molar-refractivity contribution in [2.45, 2.75) is 58.0 Å². The molecule has 1 fully saturated rings. The van der Waals surface area contributed by atoms with Crippen molar-refractivity contribution < 1.29 is 4.74 Å². The molecule has 4 heteroatoms. The van der Waals surface area contributed by atoms with E-state index in [-0.39, 0.29) is 5.41 Å². The summed E-state index contributed by atoms with van der Waals surface area (Å²) in [5.41, 5.74) is 2.90. The van der Waals surface area contributed by atoms with E-state index in [1.807, 2.05) is 12.5 Å². The molecule has 0 saturated carbocycles. The molecule has 0 radical (unpaired) electrons. The molecule has 3 heterocycles. The average molecular weight is 354 g/mol. The van der Waals surface area contributed by atoms with Gasteiger partial charge in [0.05, 0.1) is 12.9 Å². The molecule has 0 atom stereocenters. The van der Waals surface area contributed by atoms with E-state index in [2.05, 4.69) is 52.7 Å². The van der Waals surface area contributed by atoms with E-state index in [0.717, 1.165) is 31.4 Å². The van der Waals surface area contributed by atoms with Crippen molar-refractivity contribution in [2.75, 3.05) is 19.7 Å². The highest BCUT2D eigenvalue weighted by atomic mass is 16.5. The summed E-state index contributed by atoms with van der Waals surface area (Å²) in [7, 11) is 0. The molecule has 2 aliphatic heterocycles. The number of hydrogen-bond acceptors (Lipinski definition) is 3. The summed E-state index contributed by atoms with van der Waals surface area (Å²) >= 11 is 0. The van der Waals surface area contributed by atoms with Crippen LogP contribution >= 0.6 is 0 Å². The van der Waals surface area contributed by atoms with E-state index in [1.54, 1.807) is 0 Å². The van der Waals surface area contributed by atoms with Crippen molar-refractivity contribution in [1.29, 1.82) is 0 Å². The third kappa shape index (κ3) is 3.96.